The van der Waals surface area contributed by atoms with Crippen LogP contribution in [0.2, 0.25) is 0 Å². The van der Waals surface area contributed by atoms with E-state index in [1.54, 1.807) is 23.0 Å². The van der Waals surface area contributed by atoms with E-state index < -0.39 is 0 Å². The summed E-state index contributed by atoms with van der Waals surface area (Å²) in [5, 5.41) is 4.25. The van der Waals surface area contributed by atoms with Crippen molar-refractivity contribution in [3.8, 4) is 16.8 Å². The van der Waals surface area contributed by atoms with E-state index >= 15 is 0 Å². The van der Waals surface area contributed by atoms with Crippen LogP contribution in [0.5, 0.6) is 0 Å². The summed E-state index contributed by atoms with van der Waals surface area (Å²) in [4.78, 5) is 0. The van der Waals surface area contributed by atoms with Gasteiger partial charge in [0, 0.05) is 17.3 Å². The molecule has 0 aliphatic carbocycles. The molecule has 88 valence electrons. The third-order valence-corrected chi connectivity index (χ3v) is 2.79. The summed E-state index contributed by atoms with van der Waals surface area (Å²) < 4.78 is 15.4. The number of hydrogen-bond donors (Lipinski definition) is 0. The first-order valence-corrected chi connectivity index (χ1v) is 5.69. The molecule has 0 saturated carbocycles. The molecular weight excluding hydrogens is 227 g/mol. The highest BCUT2D eigenvalue weighted by molar-refractivity contribution is 5.62. The molecule has 0 aliphatic rings. The summed E-state index contributed by atoms with van der Waals surface area (Å²) in [5.74, 6) is -0.231. The Kier molecular flexibility index (Phi) is 2.65. The minimum absolute atomic E-state index is 0.231. The third-order valence-electron chi connectivity index (χ3n) is 2.79. The van der Waals surface area contributed by atoms with E-state index in [2.05, 4.69) is 5.10 Å². The summed E-state index contributed by atoms with van der Waals surface area (Å²) >= 11 is 0. The molecule has 0 fully saturated rings. The van der Waals surface area contributed by atoms with Crippen LogP contribution in [0.3, 0.4) is 0 Å². The molecule has 1 aromatic heterocycles. The second kappa shape index (κ2) is 4.45. The topological polar surface area (TPSA) is 17.8 Å². The van der Waals surface area contributed by atoms with E-state index in [9.17, 15) is 4.39 Å². The van der Waals surface area contributed by atoms with Crippen molar-refractivity contribution in [3.63, 3.8) is 0 Å². The molecule has 2 nitrogen and oxygen atoms in total. The summed E-state index contributed by atoms with van der Waals surface area (Å²) in [7, 11) is 0. The maximum atomic E-state index is 13.6. The number of halogens is 1. The van der Waals surface area contributed by atoms with Crippen LogP contribution >= 0.6 is 0 Å². The van der Waals surface area contributed by atoms with E-state index in [1.807, 2.05) is 42.6 Å². The lowest BCUT2D eigenvalue weighted by molar-refractivity contribution is 0.631. The van der Waals surface area contributed by atoms with E-state index in [0.29, 0.717) is 5.56 Å². The Morgan fingerprint density at radius 3 is 2.39 bits per heavy atom. The summed E-state index contributed by atoms with van der Waals surface area (Å²) in [5.41, 5.74) is 2.30. The molecule has 3 rings (SSSR count). The zero-order valence-corrected chi connectivity index (χ0v) is 9.62. The molecule has 3 aromatic rings. The first-order chi connectivity index (χ1) is 8.84. The number of para-hydroxylation sites is 1. The van der Waals surface area contributed by atoms with Crippen molar-refractivity contribution in [1.29, 1.82) is 0 Å². The Morgan fingerprint density at radius 2 is 1.61 bits per heavy atom. The van der Waals surface area contributed by atoms with Crippen LogP contribution in [0.15, 0.2) is 67.0 Å². The molecule has 0 spiro atoms. The van der Waals surface area contributed by atoms with Crippen LogP contribution in [0.25, 0.3) is 16.8 Å². The smallest absolute Gasteiger partial charge is 0.131 e. The van der Waals surface area contributed by atoms with Crippen LogP contribution in [0.4, 0.5) is 4.39 Å². The lowest BCUT2D eigenvalue weighted by Gasteiger charge is -2.00. The molecule has 3 heteroatoms. The molecule has 0 unspecified atom stereocenters. The highest BCUT2D eigenvalue weighted by Gasteiger charge is 2.07. The fourth-order valence-corrected chi connectivity index (χ4v) is 1.88. The zero-order valence-electron chi connectivity index (χ0n) is 9.62. The molecule has 2 aromatic carbocycles. The molecule has 0 saturated heterocycles. The molecule has 1 heterocycles. The molecule has 18 heavy (non-hydrogen) atoms. The van der Waals surface area contributed by atoms with Gasteiger partial charge in [-0.05, 0) is 18.2 Å². The lowest BCUT2D eigenvalue weighted by Crippen LogP contribution is -1.92. The van der Waals surface area contributed by atoms with Crippen LogP contribution < -0.4 is 0 Å². The first kappa shape index (κ1) is 10.7. The Hall–Kier alpha value is -2.42. The average Bonchev–Trinajstić information content (AvgIpc) is 2.90. The number of benzene rings is 2. The standard InChI is InChI=1S/C15H11FN2/c16-15-9-5-4-8-14(15)12-10-17-18(11-12)13-6-2-1-3-7-13/h1-11H. The van der Waals surface area contributed by atoms with Crippen molar-refractivity contribution in [3.05, 3.63) is 72.8 Å². The fraction of sp³-hybridized carbons (Fsp3) is 0. The van der Waals surface area contributed by atoms with Crippen molar-refractivity contribution in [1.82, 2.24) is 9.78 Å². The monoisotopic (exact) mass is 238 g/mol. The van der Waals surface area contributed by atoms with E-state index in [-0.39, 0.29) is 5.82 Å². The Bertz CT molecular complexity index is 659. The van der Waals surface area contributed by atoms with Gasteiger partial charge in [-0.3, -0.25) is 0 Å². The van der Waals surface area contributed by atoms with Crippen LogP contribution in [-0.2, 0) is 0 Å². The van der Waals surface area contributed by atoms with Gasteiger partial charge >= 0.3 is 0 Å². The Balaban J connectivity index is 2.03. The third kappa shape index (κ3) is 1.91. The normalized spacial score (nSPS) is 10.5. The highest BCUT2D eigenvalue weighted by atomic mass is 19.1. The van der Waals surface area contributed by atoms with Gasteiger partial charge in [0.1, 0.15) is 5.82 Å². The van der Waals surface area contributed by atoms with Crippen molar-refractivity contribution in [2.24, 2.45) is 0 Å². The van der Waals surface area contributed by atoms with Gasteiger partial charge in [0.25, 0.3) is 0 Å². The second-order valence-corrected chi connectivity index (χ2v) is 3.99. The van der Waals surface area contributed by atoms with Gasteiger partial charge in [-0.1, -0.05) is 36.4 Å². The largest absolute Gasteiger partial charge is 0.240 e. The van der Waals surface area contributed by atoms with Crippen molar-refractivity contribution < 1.29 is 4.39 Å². The molecule has 0 N–H and O–H groups in total. The molecule has 0 radical (unpaired) electrons. The summed E-state index contributed by atoms with van der Waals surface area (Å²) in [6.07, 6.45) is 3.50. The highest BCUT2D eigenvalue weighted by Crippen LogP contribution is 2.22. The molecular formula is C15H11FN2. The number of aromatic nitrogens is 2. The van der Waals surface area contributed by atoms with Gasteiger partial charge in [0.05, 0.1) is 11.9 Å². The van der Waals surface area contributed by atoms with Crippen LogP contribution in [-0.4, -0.2) is 9.78 Å². The Labute approximate surface area is 104 Å². The van der Waals surface area contributed by atoms with Gasteiger partial charge in [0.15, 0.2) is 0 Å². The van der Waals surface area contributed by atoms with Crippen molar-refractivity contribution >= 4 is 0 Å². The van der Waals surface area contributed by atoms with Gasteiger partial charge < -0.3 is 0 Å². The molecule has 0 atom stereocenters. The fourth-order valence-electron chi connectivity index (χ4n) is 1.88. The minimum Gasteiger partial charge on any atom is -0.240 e. The van der Waals surface area contributed by atoms with Gasteiger partial charge in [-0.2, -0.15) is 5.10 Å². The van der Waals surface area contributed by atoms with E-state index in [0.717, 1.165) is 11.3 Å². The lowest BCUT2D eigenvalue weighted by atomic mass is 10.1. The second-order valence-electron chi connectivity index (χ2n) is 3.99. The minimum atomic E-state index is -0.231. The first-order valence-electron chi connectivity index (χ1n) is 5.69. The van der Waals surface area contributed by atoms with E-state index in [4.69, 9.17) is 0 Å². The van der Waals surface area contributed by atoms with Crippen molar-refractivity contribution in [2.75, 3.05) is 0 Å². The quantitative estimate of drug-likeness (QED) is 0.666. The molecule has 0 aliphatic heterocycles. The number of nitrogens with zero attached hydrogens (tertiary/aromatic N) is 2. The molecule has 0 bridgehead atoms. The predicted octanol–water partition coefficient (Wildman–Crippen LogP) is 3.68. The number of hydrogen-bond acceptors (Lipinski definition) is 1. The van der Waals surface area contributed by atoms with Gasteiger partial charge in [0.2, 0.25) is 0 Å². The SMILES string of the molecule is Fc1ccccc1-c1cnn(-c2ccccc2)c1. The zero-order chi connectivity index (χ0) is 12.4. The number of rotatable bonds is 2. The van der Waals surface area contributed by atoms with Crippen LogP contribution in [0, 0.1) is 5.82 Å². The maximum Gasteiger partial charge on any atom is 0.131 e. The maximum absolute atomic E-state index is 13.6. The van der Waals surface area contributed by atoms with Crippen molar-refractivity contribution in [2.45, 2.75) is 0 Å². The van der Waals surface area contributed by atoms with Gasteiger partial charge in [-0.15, -0.1) is 0 Å². The Morgan fingerprint density at radius 1 is 0.889 bits per heavy atom. The average molecular weight is 238 g/mol. The van der Waals surface area contributed by atoms with E-state index in [1.165, 1.54) is 6.07 Å². The summed E-state index contributed by atoms with van der Waals surface area (Å²) in [6, 6.07) is 16.5. The summed E-state index contributed by atoms with van der Waals surface area (Å²) in [6.45, 7) is 0. The predicted molar refractivity (Wildman–Crippen MR) is 69.0 cm³/mol. The van der Waals surface area contributed by atoms with Gasteiger partial charge in [-0.25, -0.2) is 9.07 Å². The van der Waals surface area contributed by atoms with Crippen LogP contribution in [0.1, 0.15) is 0 Å². The molecule has 0 amide bonds.